The lowest BCUT2D eigenvalue weighted by Crippen LogP contribution is -2.34. The maximum atomic E-state index is 12.0. The van der Waals surface area contributed by atoms with Crippen molar-refractivity contribution in [1.82, 2.24) is 4.98 Å². The fourth-order valence-electron chi connectivity index (χ4n) is 2.31. The van der Waals surface area contributed by atoms with Gasteiger partial charge in [-0.25, -0.2) is 14.8 Å². The first kappa shape index (κ1) is 16.0. The first-order valence-corrected chi connectivity index (χ1v) is 7.68. The lowest BCUT2D eigenvalue weighted by Gasteiger charge is -2.29. The van der Waals surface area contributed by atoms with E-state index >= 15 is 0 Å². The third kappa shape index (κ3) is 3.37. The van der Waals surface area contributed by atoms with Gasteiger partial charge in [-0.05, 0) is 45.0 Å². The van der Waals surface area contributed by atoms with E-state index in [9.17, 15) is 4.79 Å². The minimum atomic E-state index is -0.775. The predicted molar refractivity (Wildman–Crippen MR) is 88.5 cm³/mol. The van der Waals surface area contributed by atoms with Crippen LogP contribution in [-0.2, 0) is 4.74 Å². The van der Waals surface area contributed by atoms with Gasteiger partial charge in [-0.15, -0.1) is 0 Å². The van der Waals surface area contributed by atoms with E-state index in [1.54, 1.807) is 43.5 Å². The molecule has 1 aromatic heterocycles. The smallest absolute Gasteiger partial charge is 0.338 e. The molecule has 2 heterocycles. The van der Waals surface area contributed by atoms with Crippen LogP contribution in [-0.4, -0.2) is 29.2 Å². The molecule has 124 valence electrons. The second kappa shape index (κ2) is 6.31. The Labute approximate surface area is 140 Å². The Hall–Kier alpha value is -2.89. The third-order valence-electron chi connectivity index (χ3n) is 3.29. The van der Waals surface area contributed by atoms with Gasteiger partial charge in [0, 0.05) is 12.3 Å². The maximum Gasteiger partial charge on any atom is 0.338 e. The average molecular weight is 326 g/mol. The topological polar surface area (TPSA) is 70.0 Å². The fraction of sp³-hybridized carbons (Fsp3) is 0.278. The summed E-state index contributed by atoms with van der Waals surface area (Å²) in [4.78, 5) is 20.6. The summed E-state index contributed by atoms with van der Waals surface area (Å²) < 4.78 is 16.7. The Morgan fingerprint density at radius 3 is 2.79 bits per heavy atom. The van der Waals surface area contributed by atoms with E-state index < -0.39 is 11.7 Å². The second-order valence-electron chi connectivity index (χ2n) is 5.67. The minimum Gasteiger partial charge on any atom is -0.466 e. The molecule has 0 saturated heterocycles. The highest BCUT2D eigenvalue weighted by Crippen LogP contribution is 2.32. The monoisotopic (exact) mass is 326 g/mol. The fourth-order valence-corrected chi connectivity index (χ4v) is 2.31. The third-order valence-corrected chi connectivity index (χ3v) is 3.29. The number of benzene rings is 1. The number of fused-ring (bicyclic) bond motifs is 1. The van der Waals surface area contributed by atoms with Crippen LogP contribution in [0.5, 0.6) is 11.6 Å². The summed E-state index contributed by atoms with van der Waals surface area (Å²) in [5.41, 5.74) is 0.226. The molecule has 6 heteroatoms. The van der Waals surface area contributed by atoms with Crippen LogP contribution in [0.1, 0.15) is 36.7 Å². The predicted octanol–water partition coefficient (Wildman–Crippen LogP) is 3.21. The van der Waals surface area contributed by atoms with Crippen molar-refractivity contribution < 1.29 is 19.0 Å². The van der Waals surface area contributed by atoms with Gasteiger partial charge in [0.15, 0.2) is 5.72 Å². The maximum absolute atomic E-state index is 12.0. The van der Waals surface area contributed by atoms with Gasteiger partial charge in [0.25, 0.3) is 0 Å². The van der Waals surface area contributed by atoms with Crippen molar-refractivity contribution in [3.05, 3.63) is 53.7 Å². The number of nitrogens with zero attached hydrogens (tertiary/aromatic N) is 2. The standard InChI is InChI=1S/C18H18N2O4/c1-4-22-17(21)12-8-9-14-13(11-12)16(20-18(2,3)24-14)23-15-7-5-6-10-19-15/h5-11H,4H2,1-3H3. The lowest BCUT2D eigenvalue weighted by molar-refractivity contribution is 0.0526. The summed E-state index contributed by atoms with van der Waals surface area (Å²) in [6, 6.07) is 10.4. The summed E-state index contributed by atoms with van der Waals surface area (Å²) in [6.07, 6.45) is 1.64. The lowest BCUT2D eigenvalue weighted by atomic mass is 10.1. The molecule has 0 amide bonds. The number of pyridine rings is 1. The zero-order valence-electron chi connectivity index (χ0n) is 13.8. The molecule has 0 bridgehead atoms. The van der Waals surface area contributed by atoms with Crippen LogP contribution in [0.15, 0.2) is 47.6 Å². The Morgan fingerprint density at radius 2 is 2.08 bits per heavy atom. The molecule has 0 spiro atoms. The van der Waals surface area contributed by atoms with E-state index in [-0.39, 0.29) is 0 Å². The first-order valence-electron chi connectivity index (χ1n) is 7.68. The number of rotatable bonds is 3. The largest absolute Gasteiger partial charge is 0.466 e. The molecule has 0 N–H and O–H groups in total. The molecular weight excluding hydrogens is 308 g/mol. The molecule has 0 unspecified atom stereocenters. The Kier molecular flexibility index (Phi) is 4.20. The quantitative estimate of drug-likeness (QED) is 0.810. The molecule has 6 nitrogen and oxygen atoms in total. The molecule has 0 saturated carbocycles. The zero-order chi connectivity index (χ0) is 17.2. The highest BCUT2D eigenvalue weighted by Gasteiger charge is 2.30. The highest BCUT2D eigenvalue weighted by molar-refractivity contribution is 6.01. The Balaban J connectivity index is 2.00. The van der Waals surface area contributed by atoms with Crippen LogP contribution >= 0.6 is 0 Å². The van der Waals surface area contributed by atoms with Gasteiger partial charge >= 0.3 is 5.97 Å². The minimum absolute atomic E-state index is 0.310. The number of ether oxygens (including phenoxy) is 3. The number of hydrogen-bond acceptors (Lipinski definition) is 6. The van der Waals surface area contributed by atoms with E-state index in [0.29, 0.717) is 35.3 Å². The molecule has 0 fully saturated rings. The van der Waals surface area contributed by atoms with Gasteiger partial charge < -0.3 is 14.2 Å². The van der Waals surface area contributed by atoms with Crippen LogP contribution in [0.3, 0.4) is 0 Å². The number of esters is 1. The Morgan fingerprint density at radius 1 is 1.25 bits per heavy atom. The molecule has 1 aliphatic rings. The van der Waals surface area contributed by atoms with E-state index in [1.165, 1.54) is 0 Å². The second-order valence-corrected chi connectivity index (χ2v) is 5.67. The number of hydrogen-bond donors (Lipinski definition) is 0. The highest BCUT2D eigenvalue weighted by atomic mass is 16.5. The van der Waals surface area contributed by atoms with Crippen LogP contribution in [0.25, 0.3) is 0 Å². The van der Waals surface area contributed by atoms with Crippen molar-refractivity contribution in [3.63, 3.8) is 0 Å². The van der Waals surface area contributed by atoms with Crippen molar-refractivity contribution in [2.24, 2.45) is 4.99 Å². The molecule has 1 aliphatic heterocycles. The summed E-state index contributed by atoms with van der Waals surface area (Å²) in [5, 5.41) is 0. The SMILES string of the molecule is CCOC(=O)c1ccc2c(c1)C(Oc1ccccn1)=NC(C)(C)O2. The van der Waals surface area contributed by atoms with Crippen LogP contribution in [0.4, 0.5) is 0 Å². The van der Waals surface area contributed by atoms with E-state index in [4.69, 9.17) is 14.2 Å². The number of carbonyl (C=O) groups excluding carboxylic acids is 1. The van der Waals surface area contributed by atoms with Crippen LogP contribution < -0.4 is 9.47 Å². The molecule has 0 radical (unpaired) electrons. The number of carbonyl (C=O) groups is 1. The van der Waals surface area contributed by atoms with Crippen molar-refractivity contribution in [2.45, 2.75) is 26.5 Å². The van der Waals surface area contributed by atoms with Gasteiger partial charge in [0.2, 0.25) is 11.8 Å². The average Bonchev–Trinajstić information content (AvgIpc) is 2.55. The van der Waals surface area contributed by atoms with Crippen LogP contribution in [0.2, 0.25) is 0 Å². The number of aliphatic imine (C=N–C) groups is 1. The zero-order valence-corrected chi connectivity index (χ0v) is 13.8. The molecule has 0 aliphatic carbocycles. The van der Waals surface area contributed by atoms with Gasteiger partial charge in [0.1, 0.15) is 5.75 Å². The summed E-state index contributed by atoms with van der Waals surface area (Å²) in [6.45, 7) is 5.73. The molecule has 24 heavy (non-hydrogen) atoms. The summed E-state index contributed by atoms with van der Waals surface area (Å²) >= 11 is 0. The van der Waals surface area contributed by atoms with Gasteiger partial charge in [-0.1, -0.05) is 6.07 Å². The normalized spacial score (nSPS) is 14.9. The van der Waals surface area contributed by atoms with Crippen molar-refractivity contribution in [1.29, 1.82) is 0 Å². The molecular formula is C18H18N2O4. The summed E-state index contributed by atoms with van der Waals surface area (Å²) in [7, 11) is 0. The molecule has 1 aromatic carbocycles. The summed E-state index contributed by atoms with van der Waals surface area (Å²) in [5.74, 6) is 0.962. The van der Waals surface area contributed by atoms with Gasteiger partial charge in [0.05, 0.1) is 17.7 Å². The van der Waals surface area contributed by atoms with Crippen molar-refractivity contribution in [3.8, 4) is 11.6 Å². The number of aromatic nitrogens is 1. The van der Waals surface area contributed by atoms with E-state index in [2.05, 4.69) is 9.98 Å². The molecule has 2 aromatic rings. The van der Waals surface area contributed by atoms with E-state index in [1.807, 2.05) is 19.9 Å². The molecule has 0 atom stereocenters. The first-order chi connectivity index (χ1) is 11.5. The van der Waals surface area contributed by atoms with Crippen molar-refractivity contribution in [2.75, 3.05) is 6.61 Å². The molecule has 3 rings (SSSR count). The van der Waals surface area contributed by atoms with E-state index in [0.717, 1.165) is 0 Å². The van der Waals surface area contributed by atoms with Gasteiger partial charge in [-0.3, -0.25) is 0 Å². The Bertz CT molecular complexity index is 785. The van der Waals surface area contributed by atoms with Crippen molar-refractivity contribution >= 4 is 11.9 Å². The van der Waals surface area contributed by atoms with Crippen LogP contribution in [0, 0.1) is 0 Å². The van der Waals surface area contributed by atoms with Gasteiger partial charge in [-0.2, -0.15) is 0 Å².